The summed E-state index contributed by atoms with van der Waals surface area (Å²) in [6.07, 6.45) is -3.43. The maximum absolute atomic E-state index is 12.4. The summed E-state index contributed by atoms with van der Waals surface area (Å²) in [7, 11) is 0. The van der Waals surface area contributed by atoms with Crippen molar-refractivity contribution < 1.29 is 13.2 Å². The summed E-state index contributed by atoms with van der Waals surface area (Å²) in [5.74, 6) is 0.603. The summed E-state index contributed by atoms with van der Waals surface area (Å²) in [5, 5.41) is 3.27. The van der Waals surface area contributed by atoms with Gasteiger partial charge in [0.2, 0.25) is 0 Å². The van der Waals surface area contributed by atoms with E-state index in [0.717, 1.165) is 31.9 Å². The third kappa shape index (κ3) is 2.88. The first-order valence-corrected chi connectivity index (χ1v) is 5.48. The molecule has 1 fully saturated rings. The summed E-state index contributed by atoms with van der Waals surface area (Å²) in [6.45, 7) is 4.39. The molecule has 94 valence electrons. The van der Waals surface area contributed by atoms with Crippen molar-refractivity contribution in [3.8, 4) is 0 Å². The van der Waals surface area contributed by atoms with Crippen molar-refractivity contribution in [1.82, 2.24) is 10.3 Å². The SMILES string of the molecule is CC1CN(c2ccc(C(F)(F)F)cn2)CCN1. The molecule has 1 atom stereocenters. The third-order valence-corrected chi connectivity index (χ3v) is 2.77. The van der Waals surface area contributed by atoms with Crippen LogP contribution in [-0.2, 0) is 6.18 Å². The summed E-state index contributed by atoms with van der Waals surface area (Å²) in [6, 6.07) is 2.84. The Bertz CT molecular complexity index is 375. The van der Waals surface area contributed by atoms with Crippen LogP contribution in [0.3, 0.4) is 0 Å². The topological polar surface area (TPSA) is 28.2 Å². The molecule has 0 saturated carbocycles. The van der Waals surface area contributed by atoms with Gasteiger partial charge in [-0.05, 0) is 19.1 Å². The molecular formula is C11H14F3N3. The van der Waals surface area contributed by atoms with E-state index in [-0.39, 0.29) is 0 Å². The Kier molecular flexibility index (Phi) is 3.24. The highest BCUT2D eigenvalue weighted by Crippen LogP contribution is 2.29. The molecular weight excluding hydrogens is 231 g/mol. The van der Waals surface area contributed by atoms with Crippen LogP contribution >= 0.6 is 0 Å². The number of aromatic nitrogens is 1. The molecule has 3 nitrogen and oxygen atoms in total. The molecule has 6 heteroatoms. The van der Waals surface area contributed by atoms with Crippen LogP contribution in [0.15, 0.2) is 18.3 Å². The first kappa shape index (κ1) is 12.2. The van der Waals surface area contributed by atoms with Crippen LogP contribution in [-0.4, -0.2) is 30.7 Å². The van der Waals surface area contributed by atoms with E-state index in [4.69, 9.17) is 0 Å². The summed E-state index contributed by atoms with van der Waals surface area (Å²) in [4.78, 5) is 5.87. The molecule has 0 radical (unpaired) electrons. The first-order valence-electron chi connectivity index (χ1n) is 5.48. The molecule has 1 aliphatic heterocycles. The molecule has 0 bridgehead atoms. The average molecular weight is 245 g/mol. The Morgan fingerprint density at radius 2 is 2.18 bits per heavy atom. The molecule has 0 aliphatic carbocycles. The minimum absolute atomic E-state index is 0.327. The lowest BCUT2D eigenvalue weighted by Gasteiger charge is -2.32. The molecule has 1 saturated heterocycles. The predicted octanol–water partition coefficient (Wildman–Crippen LogP) is 1.90. The number of hydrogen-bond acceptors (Lipinski definition) is 3. The van der Waals surface area contributed by atoms with Crippen molar-refractivity contribution >= 4 is 5.82 Å². The minimum Gasteiger partial charge on any atom is -0.354 e. The fourth-order valence-corrected chi connectivity index (χ4v) is 1.88. The summed E-state index contributed by atoms with van der Waals surface area (Å²) >= 11 is 0. The number of nitrogens with zero attached hydrogens (tertiary/aromatic N) is 2. The van der Waals surface area contributed by atoms with Gasteiger partial charge in [0.15, 0.2) is 0 Å². The first-order chi connectivity index (χ1) is 7.97. The molecule has 0 amide bonds. The highest BCUT2D eigenvalue weighted by Gasteiger charge is 2.31. The smallest absolute Gasteiger partial charge is 0.354 e. The zero-order chi connectivity index (χ0) is 12.5. The molecule has 1 N–H and O–H groups in total. The maximum atomic E-state index is 12.4. The van der Waals surface area contributed by atoms with Crippen molar-refractivity contribution in [2.45, 2.75) is 19.1 Å². The molecule has 1 unspecified atom stereocenters. The van der Waals surface area contributed by atoms with E-state index in [1.807, 2.05) is 11.8 Å². The molecule has 2 rings (SSSR count). The van der Waals surface area contributed by atoms with Crippen LogP contribution in [0.5, 0.6) is 0 Å². The highest BCUT2D eigenvalue weighted by molar-refractivity contribution is 5.40. The van der Waals surface area contributed by atoms with Crippen LogP contribution < -0.4 is 10.2 Å². The Morgan fingerprint density at radius 3 is 2.71 bits per heavy atom. The van der Waals surface area contributed by atoms with Crippen molar-refractivity contribution in [2.24, 2.45) is 0 Å². The average Bonchev–Trinajstić information content (AvgIpc) is 2.28. The number of alkyl halides is 3. The van der Waals surface area contributed by atoms with Gasteiger partial charge in [-0.25, -0.2) is 4.98 Å². The highest BCUT2D eigenvalue weighted by atomic mass is 19.4. The van der Waals surface area contributed by atoms with E-state index in [9.17, 15) is 13.2 Å². The fourth-order valence-electron chi connectivity index (χ4n) is 1.88. The number of rotatable bonds is 1. The van der Waals surface area contributed by atoms with Crippen LogP contribution in [0.2, 0.25) is 0 Å². The van der Waals surface area contributed by atoms with E-state index in [1.54, 1.807) is 0 Å². The van der Waals surface area contributed by atoms with E-state index in [0.29, 0.717) is 11.9 Å². The zero-order valence-electron chi connectivity index (χ0n) is 9.46. The van der Waals surface area contributed by atoms with Gasteiger partial charge in [0, 0.05) is 31.9 Å². The Morgan fingerprint density at radius 1 is 1.41 bits per heavy atom. The lowest BCUT2D eigenvalue weighted by atomic mass is 10.2. The lowest BCUT2D eigenvalue weighted by molar-refractivity contribution is -0.137. The van der Waals surface area contributed by atoms with Crippen molar-refractivity contribution in [1.29, 1.82) is 0 Å². The van der Waals surface area contributed by atoms with Gasteiger partial charge in [-0.15, -0.1) is 0 Å². The van der Waals surface area contributed by atoms with Gasteiger partial charge >= 0.3 is 6.18 Å². The second kappa shape index (κ2) is 4.52. The van der Waals surface area contributed by atoms with E-state index in [2.05, 4.69) is 10.3 Å². The number of nitrogens with one attached hydrogen (secondary N) is 1. The van der Waals surface area contributed by atoms with Crippen molar-refractivity contribution in [3.63, 3.8) is 0 Å². The van der Waals surface area contributed by atoms with Crippen LogP contribution in [0, 0.1) is 0 Å². The van der Waals surface area contributed by atoms with E-state index in [1.165, 1.54) is 6.07 Å². The molecule has 1 aliphatic rings. The molecule has 1 aromatic heterocycles. The Labute approximate surface area is 97.6 Å². The summed E-state index contributed by atoms with van der Waals surface area (Å²) < 4.78 is 37.1. The monoisotopic (exact) mass is 245 g/mol. The Balaban J connectivity index is 2.12. The predicted molar refractivity (Wildman–Crippen MR) is 58.9 cm³/mol. The van der Waals surface area contributed by atoms with Gasteiger partial charge < -0.3 is 10.2 Å². The van der Waals surface area contributed by atoms with Crippen LogP contribution in [0.4, 0.5) is 19.0 Å². The zero-order valence-corrected chi connectivity index (χ0v) is 9.46. The number of pyridine rings is 1. The normalized spacial score (nSPS) is 21.6. The molecule has 17 heavy (non-hydrogen) atoms. The second-order valence-corrected chi connectivity index (χ2v) is 4.20. The van der Waals surface area contributed by atoms with Crippen molar-refractivity contribution in [2.75, 3.05) is 24.5 Å². The molecule has 0 spiro atoms. The third-order valence-electron chi connectivity index (χ3n) is 2.77. The largest absolute Gasteiger partial charge is 0.417 e. The molecule has 2 heterocycles. The van der Waals surface area contributed by atoms with Gasteiger partial charge in [0.25, 0.3) is 0 Å². The van der Waals surface area contributed by atoms with E-state index >= 15 is 0 Å². The van der Waals surface area contributed by atoms with Gasteiger partial charge in [-0.1, -0.05) is 0 Å². The van der Waals surface area contributed by atoms with Crippen LogP contribution in [0.25, 0.3) is 0 Å². The lowest BCUT2D eigenvalue weighted by Crippen LogP contribution is -2.49. The fraction of sp³-hybridized carbons (Fsp3) is 0.545. The van der Waals surface area contributed by atoms with Crippen LogP contribution in [0.1, 0.15) is 12.5 Å². The van der Waals surface area contributed by atoms with E-state index < -0.39 is 11.7 Å². The Hall–Kier alpha value is -1.30. The molecule has 0 aromatic carbocycles. The van der Waals surface area contributed by atoms with Gasteiger partial charge in [0.1, 0.15) is 5.82 Å². The maximum Gasteiger partial charge on any atom is 0.417 e. The summed E-state index contributed by atoms with van der Waals surface area (Å²) in [5.41, 5.74) is -0.704. The quantitative estimate of drug-likeness (QED) is 0.819. The minimum atomic E-state index is -4.32. The molecule has 1 aromatic rings. The van der Waals surface area contributed by atoms with Gasteiger partial charge in [0.05, 0.1) is 5.56 Å². The number of halogens is 3. The second-order valence-electron chi connectivity index (χ2n) is 4.20. The van der Waals surface area contributed by atoms with Crippen molar-refractivity contribution in [3.05, 3.63) is 23.9 Å². The standard InChI is InChI=1S/C11H14F3N3/c1-8-7-17(5-4-15-8)10-3-2-9(6-16-10)11(12,13)14/h2-3,6,8,15H,4-5,7H2,1H3. The van der Waals surface area contributed by atoms with Gasteiger partial charge in [-0.2, -0.15) is 13.2 Å². The number of anilines is 1. The van der Waals surface area contributed by atoms with Gasteiger partial charge in [-0.3, -0.25) is 0 Å². The number of piperazine rings is 1. The number of hydrogen-bond donors (Lipinski definition) is 1.